The Labute approximate surface area is 95.9 Å². The second-order valence-corrected chi connectivity index (χ2v) is 4.79. The van der Waals surface area contributed by atoms with E-state index in [2.05, 4.69) is 15.5 Å². The second kappa shape index (κ2) is 4.45. The number of aromatic nitrogens is 3. The number of hydrogen-bond donors (Lipinski definition) is 1. The van der Waals surface area contributed by atoms with Crippen molar-refractivity contribution in [3.63, 3.8) is 0 Å². The average Bonchev–Trinajstić information content (AvgIpc) is 2.39. The number of nitrogens with one attached hydrogen (secondary N) is 1. The summed E-state index contributed by atoms with van der Waals surface area (Å²) in [6.45, 7) is 2.18. The van der Waals surface area contributed by atoms with Crippen LogP contribution in [0.25, 0.3) is 0 Å². The molecule has 86 valence electrons. The van der Waals surface area contributed by atoms with Gasteiger partial charge in [0.25, 0.3) is 0 Å². The highest BCUT2D eigenvalue weighted by atomic mass is 15.2. The Kier molecular flexibility index (Phi) is 2.82. The predicted molar refractivity (Wildman–Crippen MR) is 61.3 cm³/mol. The van der Waals surface area contributed by atoms with Crippen LogP contribution in [-0.4, -0.2) is 28.3 Å². The minimum Gasteiger partial charge on any atom is -0.317 e. The SMILES string of the molecule is C1CCc2nc(C3CCNCC3)nnc2C1. The van der Waals surface area contributed by atoms with Crippen molar-refractivity contribution in [3.8, 4) is 0 Å². The highest BCUT2D eigenvalue weighted by Crippen LogP contribution is 2.24. The molecule has 16 heavy (non-hydrogen) atoms. The lowest BCUT2D eigenvalue weighted by Gasteiger charge is -2.22. The predicted octanol–water partition coefficient (Wildman–Crippen LogP) is 1.22. The second-order valence-electron chi connectivity index (χ2n) is 4.79. The van der Waals surface area contributed by atoms with Crippen LogP contribution in [0.1, 0.15) is 48.8 Å². The Balaban J connectivity index is 1.84. The topological polar surface area (TPSA) is 50.7 Å². The van der Waals surface area contributed by atoms with Crippen LogP contribution in [-0.2, 0) is 12.8 Å². The zero-order chi connectivity index (χ0) is 10.8. The molecule has 1 fully saturated rings. The van der Waals surface area contributed by atoms with E-state index < -0.39 is 0 Å². The monoisotopic (exact) mass is 218 g/mol. The van der Waals surface area contributed by atoms with Crippen LogP contribution in [0.2, 0.25) is 0 Å². The molecule has 1 aromatic heterocycles. The minimum absolute atomic E-state index is 0.529. The number of fused-ring (bicyclic) bond motifs is 1. The van der Waals surface area contributed by atoms with E-state index in [1.54, 1.807) is 0 Å². The summed E-state index contributed by atoms with van der Waals surface area (Å²) in [6.07, 6.45) is 6.99. The third-order valence-corrected chi connectivity index (χ3v) is 3.64. The lowest BCUT2D eigenvalue weighted by molar-refractivity contribution is 0.436. The fourth-order valence-corrected chi connectivity index (χ4v) is 2.63. The van der Waals surface area contributed by atoms with Crippen molar-refractivity contribution in [1.29, 1.82) is 0 Å². The summed E-state index contributed by atoms with van der Waals surface area (Å²) in [6, 6.07) is 0. The molecule has 0 bridgehead atoms. The summed E-state index contributed by atoms with van der Waals surface area (Å²) in [5.74, 6) is 1.52. The molecular formula is C12H18N4. The van der Waals surface area contributed by atoms with Gasteiger partial charge in [-0.05, 0) is 51.6 Å². The number of aryl methyl sites for hydroxylation is 2. The standard InChI is InChI=1S/C12H18N4/c1-2-4-11-10(3-1)14-12(16-15-11)9-5-7-13-8-6-9/h9,13H,1-8H2. The molecule has 1 N–H and O–H groups in total. The molecule has 0 aromatic carbocycles. The summed E-state index contributed by atoms with van der Waals surface area (Å²) in [5, 5.41) is 12.1. The van der Waals surface area contributed by atoms with Crippen molar-refractivity contribution in [1.82, 2.24) is 20.5 Å². The van der Waals surface area contributed by atoms with Crippen molar-refractivity contribution in [2.24, 2.45) is 0 Å². The zero-order valence-electron chi connectivity index (χ0n) is 9.58. The van der Waals surface area contributed by atoms with Crippen molar-refractivity contribution >= 4 is 0 Å². The first-order chi connectivity index (χ1) is 7.93. The molecule has 1 aliphatic heterocycles. The van der Waals surface area contributed by atoms with E-state index in [1.165, 1.54) is 18.5 Å². The molecule has 2 aliphatic rings. The fourth-order valence-electron chi connectivity index (χ4n) is 2.63. The van der Waals surface area contributed by atoms with Crippen LogP contribution >= 0.6 is 0 Å². The van der Waals surface area contributed by atoms with E-state index in [4.69, 9.17) is 4.98 Å². The maximum Gasteiger partial charge on any atom is 0.154 e. The van der Waals surface area contributed by atoms with Gasteiger partial charge in [0, 0.05) is 5.92 Å². The first-order valence-corrected chi connectivity index (χ1v) is 6.36. The van der Waals surface area contributed by atoms with E-state index in [9.17, 15) is 0 Å². The summed E-state index contributed by atoms with van der Waals surface area (Å²) < 4.78 is 0. The van der Waals surface area contributed by atoms with Crippen LogP contribution in [0.5, 0.6) is 0 Å². The molecule has 1 saturated heterocycles. The van der Waals surface area contributed by atoms with E-state index in [-0.39, 0.29) is 0 Å². The molecule has 0 spiro atoms. The van der Waals surface area contributed by atoms with E-state index in [1.807, 2.05) is 0 Å². The highest BCUT2D eigenvalue weighted by Gasteiger charge is 2.21. The summed E-state index contributed by atoms with van der Waals surface area (Å²) >= 11 is 0. The van der Waals surface area contributed by atoms with Crippen LogP contribution in [0.4, 0.5) is 0 Å². The Hall–Kier alpha value is -1.03. The average molecular weight is 218 g/mol. The van der Waals surface area contributed by atoms with E-state index >= 15 is 0 Å². The molecule has 4 heteroatoms. The van der Waals surface area contributed by atoms with Gasteiger partial charge in [-0.2, -0.15) is 5.10 Å². The van der Waals surface area contributed by atoms with E-state index in [0.717, 1.165) is 50.3 Å². The van der Waals surface area contributed by atoms with Gasteiger partial charge in [0.1, 0.15) is 0 Å². The van der Waals surface area contributed by atoms with Gasteiger partial charge in [-0.1, -0.05) is 0 Å². The van der Waals surface area contributed by atoms with Gasteiger partial charge in [0.2, 0.25) is 0 Å². The van der Waals surface area contributed by atoms with Crippen LogP contribution < -0.4 is 5.32 Å². The van der Waals surface area contributed by atoms with Gasteiger partial charge in [-0.3, -0.25) is 0 Å². The summed E-state index contributed by atoms with van der Waals surface area (Å²) in [7, 11) is 0. The molecule has 0 radical (unpaired) electrons. The molecule has 0 saturated carbocycles. The highest BCUT2D eigenvalue weighted by molar-refractivity contribution is 5.14. The van der Waals surface area contributed by atoms with Gasteiger partial charge in [-0.25, -0.2) is 4.98 Å². The summed E-state index contributed by atoms with van der Waals surface area (Å²) in [4.78, 5) is 4.74. The first-order valence-electron chi connectivity index (χ1n) is 6.36. The maximum absolute atomic E-state index is 4.74. The largest absolute Gasteiger partial charge is 0.317 e. The van der Waals surface area contributed by atoms with E-state index in [0.29, 0.717) is 5.92 Å². The van der Waals surface area contributed by atoms with Crippen LogP contribution in [0, 0.1) is 0 Å². The van der Waals surface area contributed by atoms with Gasteiger partial charge in [0.15, 0.2) is 5.82 Å². The normalized spacial score (nSPS) is 21.8. The number of piperidine rings is 1. The Morgan fingerprint density at radius 1 is 0.938 bits per heavy atom. The third kappa shape index (κ3) is 1.94. The molecule has 4 nitrogen and oxygen atoms in total. The minimum atomic E-state index is 0.529. The molecule has 0 unspecified atom stereocenters. The molecule has 3 rings (SSSR count). The van der Waals surface area contributed by atoms with Gasteiger partial charge in [-0.15, -0.1) is 5.10 Å². The number of nitrogens with zero attached hydrogens (tertiary/aromatic N) is 3. The lowest BCUT2D eigenvalue weighted by atomic mass is 9.96. The Bertz CT molecular complexity index is 371. The molecule has 1 aromatic rings. The van der Waals surface area contributed by atoms with Crippen LogP contribution in [0.15, 0.2) is 0 Å². The molecule has 1 aliphatic carbocycles. The third-order valence-electron chi connectivity index (χ3n) is 3.64. The lowest BCUT2D eigenvalue weighted by Crippen LogP contribution is -2.28. The van der Waals surface area contributed by atoms with Gasteiger partial charge < -0.3 is 5.32 Å². The van der Waals surface area contributed by atoms with Crippen molar-refractivity contribution < 1.29 is 0 Å². The van der Waals surface area contributed by atoms with Gasteiger partial charge >= 0.3 is 0 Å². The Morgan fingerprint density at radius 3 is 2.50 bits per heavy atom. The fraction of sp³-hybridized carbons (Fsp3) is 0.750. The first kappa shape index (κ1) is 10.1. The van der Waals surface area contributed by atoms with Crippen molar-refractivity contribution in [2.45, 2.75) is 44.4 Å². The smallest absolute Gasteiger partial charge is 0.154 e. The number of rotatable bonds is 1. The summed E-state index contributed by atoms with van der Waals surface area (Å²) in [5.41, 5.74) is 2.36. The van der Waals surface area contributed by atoms with Gasteiger partial charge in [0.05, 0.1) is 11.4 Å². The number of hydrogen-bond acceptors (Lipinski definition) is 4. The molecular weight excluding hydrogens is 200 g/mol. The molecule has 0 atom stereocenters. The molecule has 0 amide bonds. The maximum atomic E-state index is 4.74. The zero-order valence-corrected chi connectivity index (χ0v) is 9.58. The van der Waals surface area contributed by atoms with Crippen molar-refractivity contribution in [3.05, 3.63) is 17.2 Å². The molecule has 2 heterocycles. The van der Waals surface area contributed by atoms with Crippen molar-refractivity contribution in [2.75, 3.05) is 13.1 Å². The quantitative estimate of drug-likeness (QED) is 0.770. The Morgan fingerprint density at radius 2 is 1.69 bits per heavy atom. The van der Waals surface area contributed by atoms with Crippen LogP contribution in [0.3, 0.4) is 0 Å².